The lowest BCUT2D eigenvalue weighted by Crippen LogP contribution is -2.22. The summed E-state index contributed by atoms with van der Waals surface area (Å²) in [5, 5.41) is 22.9. The summed E-state index contributed by atoms with van der Waals surface area (Å²) >= 11 is 2.09. The third kappa shape index (κ3) is 4.61. The summed E-state index contributed by atoms with van der Waals surface area (Å²) in [6.07, 6.45) is 22.8. The van der Waals surface area contributed by atoms with Crippen molar-refractivity contribution in [3.63, 3.8) is 0 Å². The number of benzene rings is 8. The molecule has 3 atom stereocenters. The first-order chi connectivity index (χ1) is 27.0. The molecular formula is C53H55NS. The van der Waals surface area contributed by atoms with Crippen LogP contribution in [0.5, 0.6) is 0 Å². The van der Waals surface area contributed by atoms with Gasteiger partial charge in [-0.2, -0.15) is 0 Å². The Morgan fingerprint density at radius 1 is 0.709 bits per heavy atom. The largest absolute Gasteiger partial charge is 0.252 e. The normalized spacial score (nSPS) is 18.4. The number of nitrogens with zero attached hydrogens (tertiary/aromatic N) is 1. The maximum Gasteiger partial charge on any atom is 0.0721 e. The number of aryl methyl sites for hydroxylation is 3. The van der Waals surface area contributed by atoms with E-state index in [1.807, 2.05) is 0 Å². The van der Waals surface area contributed by atoms with Gasteiger partial charge < -0.3 is 0 Å². The molecule has 2 aliphatic rings. The highest BCUT2D eigenvalue weighted by atomic mass is 32.1. The van der Waals surface area contributed by atoms with Crippen LogP contribution in [0, 0.1) is 18.8 Å². The smallest absolute Gasteiger partial charge is 0.0721 e. The van der Waals surface area contributed by atoms with E-state index in [4.69, 9.17) is 4.98 Å². The highest BCUT2D eigenvalue weighted by molar-refractivity contribution is 7.26. The zero-order valence-electron chi connectivity index (χ0n) is 33.6. The van der Waals surface area contributed by atoms with E-state index in [1.54, 1.807) is 69.9 Å². The molecule has 12 rings (SSSR count). The second kappa shape index (κ2) is 12.4. The third-order valence-corrected chi connectivity index (χ3v) is 16.5. The minimum Gasteiger partial charge on any atom is -0.252 e. The molecule has 0 saturated heterocycles. The van der Waals surface area contributed by atoms with Gasteiger partial charge in [0.25, 0.3) is 0 Å². The molecule has 2 aromatic heterocycles. The van der Waals surface area contributed by atoms with Crippen molar-refractivity contribution in [2.24, 2.45) is 11.8 Å². The van der Waals surface area contributed by atoms with Crippen molar-refractivity contribution in [1.29, 1.82) is 0 Å². The molecule has 0 fully saturated rings. The summed E-state index contributed by atoms with van der Waals surface area (Å²) in [5.74, 6) is 2.28. The highest BCUT2D eigenvalue weighted by Gasteiger charge is 2.37. The van der Waals surface area contributed by atoms with Gasteiger partial charge in [-0.1, -0.05) is 97.5 Å². The van der Waals surface area contributed by atoms with E-state index in [0.29, 0.717) is 5.92 Å². The first-order valence-corrected chi connectivity index (χ1v) is 23.3. The lowest BCUT2D eigenvalue weighted by molar-refractivity contribution is 0.414. The maximum absolute atomic E-state index is 5.61. The van der Waals surface area contributed by atoms with Gasteiger partial charge in [-0.05, 0) is 159 Å². The average Bonchev–Trinajstić information content (AvgIpc) is 3.59. The van der Waals surface area contributed by atoms with Gasteiger partial charge in [0, 0.05) is 52.8 Å². The predicted octanol–water partition coefficient (Wildman–Crippen LogP) is 16.5. The summed E-state index contributed by atoms with van der Waals surface area (Å²) in [6, 6.07) is 15.3. The number of fused-ring (bicyclic) bond motifs is 1. The topological polar surface area (TPSA) is 12.9 Å². The zero-order valence-corrected chi connectivity index (χ0v) is 34.4. The molecule has 0 aliphatic heterocycles. The van der Waals surface area contributed by atoms with Crippen molar-refractivity contribution in [2.45, 2.75) is 143 Å². The first-order valence-electron chi connectivity index (χ1n) is 22.5. The number of thiophene rings is 1. The molecule has 2 heterocycles. The lowest BCUT2D eigenvalue weighted by Gasteiger charge is -2.37. The Morgan fingerprint density at radius 2 is 1.44 bits per heavy atom. The van der Waals surface area contributed by atoms with Crippen LogP contribution < -0.4 is 0 Å². The summed E-state index contributed by atoms with van der Waals surface area (Å²) in [5.41, 5.74) is 8.93. The quantitative estimate of drug-likeness (QED) is 0.0615. The van der Waals surface area contributed by atoms with E-state index in [1.165, 1.54) is 157 Å². The fraction of sp³-hybridized carbons (Fsp3) is 0.453. The fourth-order valence-electron chi connectivity index (χ4n) is 12.8. The Morgan fingerprint density at radius 3 is 2.27 bits per heavy atom. The van der Waals surface area contributed by atoms with E-state index in [9.17, 15) is 0 Å². The van der Waals surface area contributed by atoms with E-state index >= 15 is 0 Å². The van der Waals surface area contributed by atoms with Crippen molar-refractivity contribution >= 4 is 107 Å². The van der Waals surface area contributed by atoms with Crippen LogP contribution in [0.15, 0.2) is 36.4 Å². The van der Waals surface area contributed by atoms with Crippen molar-refractivity contribution in [3.05, 3.63) is 64.3 Å². The van der Waals surface area contributed by atoms with Gasteiger partial charge in [0.1, 0.15) is 0 Å². The minimum atomic E-state index is 0.670. The molecule has 2 heteroatoms. The Labute approximate surface area is 329 Å². The lowest BCUT2D eigenvalue weighted by atomic mass is 9.67. The fourth-order valence-corrected chi connectivity index (χ4v) is 14.1. The van der Waals surface area contributed by atoms with Crippen LogP contribution in [0.4, 0.5) is 0 Å². The monoisotopic (exact) mass is 737 g/mol. The van der Waals surface area contributed by atoms with E-state index in [0.717, 1.165) is 18.3 Å². The Kier molecular flexibility index (Phi) is 7.51. The number of hydrogen-bond acceptors (Lipinski definition) is 2. The molecule has 8 aromatic carbocycles. The molecule has 1 nitrogen and oxygen atoms in total. The average molecular weight is 738 g/mol. The van der Waals surface area contributed by atoms with Crippen LogP contribution in [-0.2, 0) is 19.3 Å². The van der Waals surface area contributed by atoms with Crippen LogP contribution in [-0.4, -0.2) is 4.98 Å². The number of aromatic nitrogens is 1. The summed E-state index contributed by atoms with van der Waals surface area (Å²) in [4.78, 5) is 5.61. The van der Waals surface area contributed by atoms with Crippen molar-refractivity contribution in [2.75, 3.05) is 0 Å². The van der Waals surface area contributed by atoms with Gasteiger partial charge in [0.15, 0.2) is 0 Å². The zero-order chi connectivity index (χ0) is 36.7. The molecule has 55 heavy (non-hydrogen) atoms. The van der Waals surface area contributed by atoms with E-state index < -0.39 is 0 Å². The van der Waals surface area contributed by atoms with Gasteiger partial charge in [-0.25, -0.2) is 0 Å². The molecule has 0 bridgehead atoms. The van der Waals surface area contributed by atoms with Crippen LogP contribution in [0.2, 0.25) is 0 Å². The first kappa shape index (κ1) is 33.4. The van der Waals surface area contributed by atoms with E-state index in [-0.39, 0.29) is 0 Å². The number of rotatable bonds is 14. The van der Waals surface area contributed by atoms with Gasteiger partial charge in [0.05, 0.1) is 5.52 Å². The summed E-state index contributed by atoms with van der Waals surface area (Å²) in [7, 11) is 0. The number of unbranched alkanes of at least 4 members (excludes halogenated alkanes) is 8. The molecule has 10 aromatic rings. The summed E-state index contributed by atoms with van der Waals surface area (Å²) in [6.45, 7) is 9.68. The molecular weight excluding hydrogens is 683 g/mol. The van der Waals surface area contributed by atoms with Gasteiger partial charge >= 0.3 is 0 Å². The van der Waals surface area contributed by atoms with Gasteiger partial charge in [-0.3, -0.25) is 4.98 Å². The van der Waals surface area contributed by atoms with Crippen molar-refractivity contribution in [1.82, 2.24) is 4.98 Å². The Hall–Kier alpha value is -3.75. The second-order valence-corrected chi connectivity index (χ2v) is 20.1. The number of pyridine rings is 1. The van der Waals surface area contributed by atoms with Crippen molar-refractivity contribution in [3.8, 4) is 0 Å². The molecule has 0 amide bonds. The van der Waals surface area contributed by atoms with E-state index in [2.05, 4.69) is 75.4 Å². The standard InChI is InChI=1S/C53H55NS/c1-5-6-7-8-9-12-15-28(2)16-13-10-11-14-17-33-25-34-27-35-30(4)24-39-47-44(35)50-43(34)52-48-40(55-53(33)52)21-19-32-26-37-36-23-29(3)22-31-18-20-38(54-39)46(41(31)36)51(47)45(37)49(50)42(32)48/h19,21,24-29,31H,5-18,20,22-23H2,1-4H3. The van der Waals surface area contributed by atoms with Crippen molar-refractivity contribution < 1.29 is 0 Å². The second-order valence-electron chi connectivity index (χ2n) is 19.0. The predicted molar refractivity (Wildman–Crippen MR) is 243 cm³/mol. The Bertz CT molecular complexity index is 3030. The summed E-state index contributed by atoms with van der Waals surface area (Å²) < 4.78 is 3.05. The van der Waals surface area contributed by atoms with Crippen LogP contribution >= 0.6 is 11.3 Å². The SMILES string of the molecule is CCCCCCCCC(C)CCCCCCc1cc2cc3c(C)cc4nc5c6c7c(c8cc9ccc%10sc1c1c2c2c3c4c6c8c2c9c%101)CC(C)CC7CC5. The molecule has 278 valence electrons. The van der Waals surface area contributed by atoms with Crippen LogP contribution in [0.1, 0.15) is 145 Å². The molecule has 0 radical (unpaired) electrons. The number of hydrogen-bond donors (Lipinski definition) is 0. The van der Waals surface area contributed by atoms with Gasteiger partial charge in [-0.15, -0.1) is 11.3 Å². The minimum absolute atomic E-state index is 0.670. The third-order valence-electron chi connectivity index (χ3n) is 15.3. The molecule has 0 saturated carbocycles. The van der Waals surface area contributed by atoms with Crippen LogP contribution in [0.3, 0.4) is 0 Å². The highest BCUT2D eigenvalue weighted by Crippen LogP contribution is 2.60. The van der Waals surface area contributed by atoms with Gasteiger partial charge in [0.2, 0.25) is 0 Å². The molecule has 2 aliphatic carbocycles. The molecule has 0 spiro atoms. The Balaban J connectivity index is 0.989. The molecule has 3 unspecified atom stereocenters. The van der Waals surface area contributed by atoms with Crippen LogP contribution in [0.25, 0.3) is 95.7 Å². The maximum atomic E-state index is 5.61. The molecule has 0 N–H and O–H groups in total.